The van der Waals surface area contributed by atoms with Gasteiger partial charge in [-0.25, -0.2) is 4.98 Å². The predicted molar refractivity (Wildman–Crippen MR) is 110 cm³/mol. The van der Waals surface area contributed by atoms with Crippen LogP contribution in [0.25, 0.3) is 11.3 Å². The van der Waals surface area contributed by atoms with E-state index in [1.54, 1.807) is 0 Å². The molecule has 1 unspecified atom stereocenters. The highest BCUT2D eigenvalue weighted by Crippen LogP contribution is 2.50. The zero-order valence-electron chi connectivity index (χ0n) is 16.2. The Hall–Kier alpha value is -3.33. The van der Waals surface area contributed by atoms with Gasteiger partial charge in [-0.15, -0.1) is 0 Å². The van der Waals surface area contributed by atoms with Gasteiger partial charge in [-0.05, 0) is 37.1 Å². The van der Waals surface area contributed by atoms with Crippen LogP contribution in [0.4, 0.5) is 0 Å². The fourth-order valence-electron chi connectivity index (χ4n) is 4.19. The molecule has 3 aromatic carbocycles. The molecule has 0 aliphatic carbocycles. The van der Waals surface area contributed by atoms with E-state index in [2.05, 4.69) is 50.2 Å². The summed E-state index contributed by atoms with van der Waals surface area (Å²) in [6, 6.07) is 22.7. The quantitative estimate of drug-likeness (QED) is 0.355. The number of oxazole rings is 1. The van der Waals surface area contributed by atoms with Crippen LogP contribution in [0.5, 0.6) is 11.5 Å². The number of aromatic nitrogens is 1. The van der Waals surface area contributed by atoms with Crippen LogP contribution in [0.1, 0.15) is 39.8 Å². The molecule has 1 aromatic heterocycles. The van der Waals surface area contributed by atoms with Gasteiger partial charge in [0.25, 0.3) is 0 Å². The number of benzene rings is 3. The molecule has 0 radical (unpaired) electrons. The standard InChI is InChI=1S/C25H21NO2/c1-15-13-16(2)22-21(14-15)28-20-12-8-7-11-19(20)23(22)25-24(26-17(3)27-25)18-9-5-4-6-10-18/h4-14,23H,1-3H3. The molecule has 4 aromatic rings. The number of ether oxygens (including phenoxy) is 1. The number of rotatable bonds is 2. The number of hydrogen-bond donors (Lipinski definition) is 0. The summed E-state index contributed by atoms with van der Waals surface area (Å²) >= 11 is 0. The predicted octanol–water partition coefficient (Wildman–Crippen LogP) is 6.55. The van der Waals surface area contributed by atoms with Crippen LogP contribution < -0.4 is 4.74 Å². The van der Waals surface area contributed by atoms with Gasteiger partial charge in [0.15, 0.2) is 5.89 Å². The Morgan fingerprint density at radius 3 is 2.39 bits per heavy atom. The van der Waals surface area contributed by atoms with Crippen LogP contribution in [-0.4, -0.2) is 4.98 Å². The maximum Gasteiger partial charge on any atom is 0.191 e. The van der Waals surface area contributed by atoms with Crippen LogP contribution in [0, 0.1) is 20.8 Å². The minimum absolute atomic E-state index is 0.0584. The number of para-hydroxylation sites is 1. The van der Waals surface area contributed by atoms with E-state index in [-0.39, 0.29) is 5.92 Å². The maximum absolute atomic E-state index is 6.28. The Labute approximate surface area is 164 Å². The Morgan fingerprint density at radius 2 is 1.57 bits per heavy atom. The molecular formula is C25H21NO2. The Balaban J connectivity index is 1.81. The highest BCUT2D eigenvalue weighted by atomic mass is 16.5. The number of aryl methyl sites for hydroxylation is 3. The van der Waals surface area contributed by atoms with Gasteiger partial charge in [-0.2, -0.15) is 0 Å². The molecule has 28 heavy (non-hydrogen) atoms. The number of nitrogens with zero attached hydrogens (tertiary/aromatic N) is 1. The number of hydrogen-bond acceptors (Lipinski definition) is 3. The van der Waals surface area contributed by atoms with Crippen LogP contribution in [0.15, 0.2) is 71.1 Å². The monoisotopic (exact) mass is 367 g/mol. The second-order valence-corrected chi connectivity index (χ2v) is 7.38. The summed E-state index contributed by atoms with van der Waals surface area (Å²) in [5.74, 6) is 3.25. The van der Waals surface area contributed by atoms with Gasteiger partial charge >= 0.3 is 0 Å². The Kier molecular flexibility index (Phi) is 3.83. The maximum atomic E-state index is 6.28. The summed E-state index contributed by atoms with van der Waals surface area (Å²) in [4.78, 5) is 4.74. The van der Waals surface area contributed by atoms with Crippen molar-refractivity contribution in [3.63, 3.8) is 0 Å². The number of fused-ring (bicyclic) bond motifs is 2. The van der Waals surface area contributed by atoms with Crippen molar-refractivity contribution in [1.29, 1.82) is 0 Å². The summed E-state index contributed by atoms with van der Waals surface area (Å²) in [7, 11) is 0. The van der Waals surface area contributed by atoms with Crippen molar-refractivity contribution >= 4 is 0 Å². The van der Waals surface area contributed by atoms with E-state index in [0.717, 1.165) is 39.6 Å². The highest BCUT2D eigenvalue weighted by molar-refractivity contribution is 5.68. The fourth-order valence-corrected chi connectivity index (χ4v) is 4.19. The van der Waals surface area contributed by atoms with Gasteiger partial charge in [0, 0.05) is 23.6 Å². The molecule has 0 spiro atoms. The summed E-state index contributed by atoms with van der Waals surface area (Å²) in [5, 5.41) is 0. The molecule has 0 amide bonds. The van der Waals surface area contributed by atoms with Gasteiger partial charge in [0.05, 0.1) is 5.92 Å². The lowest BCUT2D eigenvalue weighted by Gasteiger charge is -2.29. The lowest BCUT2D eigenvalue weighted by molar-refractivity contribution is 0.423. The summed E-state index contributed by atoms with van der Waals surface area (Å²) in [6.45, 7) is 6.14. The minimum atomic E-state index is -0.0584. The average Bonchev–Trinajstić information content (AvgIpc) is 3.08. The van der Waals surface area contributed by atoms with Crippen molar-refractivity contribution < 1.29 is 9.15 Å². The fraction of sp³-hybridized carbons (Fsp3) is 0.160. The smallest absolute Gasteiger partial charge is 0.191 e. The first-order chi connectivity index (χ1) is 13.6. The van der Waals surface area contributed by atoms with Crippen molar-refractivity contribution in [3.8, 4) is 22.8 Å². The molecule has 1 atom stereocenters. The van der Waals surface area contributed by atoms with Gasteiger partial charge < -0.3 is 9.15 Å². The van der Waals surface area contributed by atoms with E-state index in [4.69, 9.17) is 14.1 Å². The zero-order valence-corrected chi connectivity index (χ0v) is 16.2. The van der Waals surface area contributed by atoms with Gasteiger partial charge in [0.2, 0.25) is 0 Å². The molecule has 0 bridgehead atoms. The van der Waals surface area contributed by atoms with E-state index < -0.39 is 0 Å². The second-order valence-electron chi connectivity index (χ2n) is 7.38. The lowest BCUT2D eigenvalue weighted by atomic mass is 9.82. The van der Waals surface area contributed by atoms with Gasteiger partial charge in [-0.1, -0.05) is 54.6 Å². The van der Waals surface area contributed by atoms with Crippen molar-refractivity contribution in [2.75, 3.05) is 0 Å². The van der Waals surface area contributed by atoms with Crippen LogP contribution in [-0.2, 0) is 0 Å². The van der Waals surface area contributed by atoms with Gasteiger partial charge in [0.1, 0.15) is 23.0 Å². The normalized spacial score (nSPS) is 14.9. The third-order valence-corrected chi connectivity index (χ3v) is 5.30. The van der Waals surface area contributed by atoms with E-state index in [9.17, 15) is 0 Å². The second kappa shape index (κ2) is 6.38. The first kappa shape index (κ1) is 16.8. The first-order valence-corrected chi connectivity index (χ1v) is 9.52. The van der Waals surface area contributed by atoms with E-state index in [1.807, 2.05) is 37.3 Å². The SMILES string of the molecule is Cc1cc(C)c2c(c1)Oc1ccccc1C2c1oc(C)nc1-c1ccccc1. The average molecular weight is 367 g/mol. The molecule has 0 saturated heterocycles. The van der Waals surface area contributed by atoms with Crippen molar-refractivity contribution in [1.82, 2.24) is 4.98 Å². The molecule has 5 rings (SSSR count). The van der Waals surface area contributed by atoms with Crippen LogP contribution in [0.2, 0.25) is 0 Å². The molecule has 0 saturated carbocycles. The third kappa shape index (κ3) is 2.63. The van der Waals surface area contributed by atoms with Crippen molar-refractivity contribution in [2.24, 2.45) is 0 Å². The molecule has 138 valence electrons. The highest BCUT2D eigenvalue weighted by Gasteiger charge is 2.35. The largest absolute Gasteiger partial charge is 0.457 e. The van der Waals surface area contributed by atoms with E-state index >= 15 is 0 Å². The molecule has 2 heterocycles. The molecule has 1 aliphatic heterocycles. The van der Waals surface area contributed by atoms with Crippen molar-refractivity contribution in [3.05, 3.63) is 101 Å². The van der Waals surface area contributed by atoms with Crippen LogP contribution >= 0.6 is 0 Å². The third-order valence-electron chi connectivity index (χ3n) is 5.30. The molecule has 3 heteroatoms. The summed E-state index contributed by atoms with van der Waals surface area (Å²) < 4.78 is 12.5. The van der Waals surface area contributed by atoms with E-state index in [1.165, 1.54) is 11.1 Å². The van der Waals surface area contributed by atoms with Crippen LogP contribution in [0.3, 0.4) is 0 Å². The topological polar surface area (TPSA) is 35.3 Å². The van der Waals surface area contributed by atoms with Crippen molar-refractivity contribution in [2.45, 2.75) is 26.7 Å². The summed E-state index contributed by atoms with van der Waals surface area (Å²) in [6.07, 6.45) is 0. The minimum Gasteiger partial charge on any atom is -0.457 e. The molecule has 0 fully saturated rings. The lowest BCUT2D eigenvalue weighted by Crippen LogP contribution is -2.13. The summed E-state index contributed by atoms with van der Waals surface area (Å²) in [5.41, 5.74) is 6.59. The first-order valence-electron chi connectivity index (χ1n) is 9.52. The molecule has 3 nitrogen and oxygen atoms in total. The Morgan fingerprint density at radius 1 is 0.821 bits per heavy atom. The van der Waals surface area contributed by atoms with E-state index in [0.29, 0.717) is 5.89 Å². The molecular weight excluding hydrogens is 346 g/mol. The molecule has 1 aliphatic rings. The zero-order chi connectivity index (χ0) is 19.3. The van der Waals surface area contributed by atoms with Gasteiger partial charge in [-0.3, -0.25) is 0 Å². The molecule has 0 N–H and O–H groups in total. The Bertz CT molecular complexity index is 1170.